The molecule has 3 heteroatoms. The molecule has 1 aliphatic rings. The van der Waals surface area contributed by atoms with E-state index in [0.29, 0.717) is 0 Å². The lowest BCUT2D eigenvalue weighted by Crippen LogP contribution is -2.44. The van der Waals surface area contributed by atoms with Crippen molar-refractivity contribution < 1.29 is 0 Å². The lowest BCUT2D eigenvalue weighted by Gasteiger charge is -2.37. The first kappa shape index (κ1) is 12.7. The number of halogens is 1. The zero-order valence-electron chi connectivity index (χ0n) is 10.7. The first-order chi connectivity index (χ1) is 8.08. The van der Waals surface area contributed by atoms with Crippen LogP contribution in [-0.2, 0) is 0 Å². The van der Waals surface area contributed by atoms with Crippen LogP contribution < -0.4 is 10.2 Å². The van der Waals surface area contributed by atoms with Crippen molar-refractivity contribution in [2.45, 2.75) is 20.3 Å². The van der Waals surface area contributed by atoms with Gasteiger partial charge in [-0.3, -0.25) is 0 Å². The first-order valence-electron chi connectivity index (χ1n) is 6.29. The largest absolute Gasteiger partial charge is 0.370 e. The average Bonchev–Trinajstić information content (AvgIpc) is 2.25. The molecule has 1 aromatic rings. The number of rotatable bonds is 1. The highest BCUT2D eigenvalue weighted by atomic mass is 35.5. The molecule has 1 fully saturated rings. The van der Waals surface area contributed by atoms with Crippen molar-refractivity contribution in [3.05, 3.63) is 29.3 Å². The molecule has 1 aromatic carbocycles. The standard InChI is InChI=1S/C14H21ClN2/c1-14(2)10-16-8-5-9-17(11-14)13-7-4-3-6-12(13)15/h3-4,6-7,16H,5,8-11H2,1-2H3. The summed E-state index contributed by atoms with van der Waals surface area (Å²) >= 11 is 6.29. The van der Waals surface area contributed by atoms with Gasteiger partial charge in [-0.25, -0.2) is 0 Å². The lowest BCUT2D eigenvalue weighted by molar-refractivity contribution is 0.325. The fourth-order valence-electron chi connectivity index (χ4n) is 2.39. The zero-order valence-corrected chi connectivity index (χ0v) is 11.4. The molecule has 0 aliphatic carbocycles. The topological polar surface area (TPSA) is 15.3 Å². The van der Waals surface area contributed by atoms with Crippen LogP contribution in [-0.4, -0.2) is 26.2 Å². The summed E-state index contributed by atoms with van der Waals surface area (Å²) in [5.41, 5.74) is 1.45. The van der Waals surface area contributed by atoms with Crippen LogP contribution in [0.15, 0.2) is 24.3 Å². The molecule has 2 rings (SSSR count). The van der Waals surface area contributed by atoms with Gasteiger partial charge in [-0.15, -0.1) is 0 Å². The maximum Gasteiger partial charge on any atom is 0.0639 e. The Labute approximate surface area is 109 Å². The molecule has 0 atom stereocenters. The Morgan fingerprint density at radius 1 is 1.29 bits per heavy atom. The molecule has 1 heterocycles. The Morgan fingerprint density at radius 3 is 2.82 bits per heavy atom. The van der Waals surface area contributed by atoms with Crippen molar-refractivity contribution in [3.63, 3.8) is 0 Å². The second kappa shape index (κ2) is 5.28. The van der Waals surface area contributed by atoms with Crippen molar-refractivity contribution >= 4 is 17.3 Å². The summed E-state index contributed by atoms with van der Waals surface area (Å²) in [5, 5.41) is 4.36. The van der Waals surface area contributed by atoms with Crippen LogP contribution in [0.25, 0.3) is 0 Å². The second-order valence-corrected chi connectivity index (χ2v) is 5.97. The van der Waals surface area contributed by atoms with E-state index in [1.54, 1.807) is 0 Å². The van der Waals surface area contributed by atoms with Crippen LogP contribution in [0.4, 0.5) is 5.69 Å². The van der Waals surface area contributed by atoms with Crippen LogP contribution in [0.1, 0.15) is 20.3 Å². The molecule has 1 N–H and O–H groups in total. The van der Waals surface area contributed by atoms with Gasteiger partial charge in [0.1, 0.15) is 0 Å². The number of benzene rings is 1. The third-order valence-electron chi connectivity index (χ3n) is 3.20. The van der Waals surface area contributed by atoms with Crippen LogP contribution in [0.3, 0.4) is 0 Å². The number of hydrogen-bond acceptors (Lipinski definition) is 2. The Hall–Kier alpha value is -0.730. The quantitative estimate of drug-likeness (QED) is 0.826. The van der Waals surface area contributed by atoms with Gasteiger partial charge in [0, 0.05) is 19.6 Å². The summed E-state index contributed by atoms with van der Waals surface area (Å²) < 4.78 is 0. The van der Waals surface area contributed by atoms with Gasteiger partial charge in [-0.05, 0) is 30.5 Å². The van der Waals surface area contributed by atoms with E-state index in [4.69, 9.17) is 11.6 Å². The van der Waals surface area contributed by atoms with Gasteiger partial charge in [-0.2, -0.15) is 0 Å². The fraction of sp³-hybridized carbons (Fsp3) is 0.571. The Morgan fingerprint density at radius 2 is 2.06 bits per heavy atom. The van der Waals surface area contributed by atoms with E-state index in [0.717, 1.165) is 31.2 Å². The summed E-state index contributed by atoms with van der Waals surface area (Å²) in [6.07, 6.45) is 1.17. The molecular formula is C14H21ClN2. The molecule has 0 aromatic heterocycles. The Kier molecular flexibility index (Phi) is 3.95. The molecule has 1 saturated heterocycles. The minimum Gasteiger partial charge on any atom is -0.370 e. The van der Waals surface area contributed by atoms with Crippen LogP contribution in [0.2, 0.25) is 5.02 Å². The SMILES string of the molecule is CC1(C)CNCCCN(c2ccccc2Cl)C1. The van der Waals surface area contributed by atoms with E-state index in [1.165, 1.54) is 12.1 Å². The van der Waals surface area contributed by atoms with Crippen LogP contribution >= 0.6 is 11.6 Å². The normalized spacial score (nSPS) is 20.8. The number of nitrogens with one attached hydrogen (secondary N) is 1. The molecule has 94 valence electrons. The molecule has 0 unspecified atom stereocenters. The molecule has 17 heavy (non-hydrogen) atoms. The Balaban J connectivity index is 2.20. The van der Waals surface area contributed by atoms with Gasteiger partial charge in [0.25, 0.3) is 0 Å². The highest BCUT2D eigenvalue weighted by Crippen LogP contribution is 2.29. The summed E-state index contributed by atoms with van der Waals surface area (Å²) in [4.78, 5) is 2.42. The molecule has 1 aliphatic heterocycles. The fourth-order valence-corrected chi connectivity index (χ4v) is 2.64. The van der Waals surface area contributed by atoms with Gasteiger partial charge < -0.3 is 10.2 Å². The Bertz CT molecular complexity index is 376. The molecule has 2 nitrogen and oxygen atoms in total. The summed E-state index contributed by atoms with van der Waals surface area (Å²) in [5.74, 6) is 0. The first-order valence-corrected chi connectivity index (χ1v) is 6.66. The number of anilines is 1. The molecule has 0 amide bonds. The van der Waals surface area contributed by atoms with Crippen molar-refractivity contribution in [2.24, 2.45) is 5.41 Å². The zero-order chi connectivity index (χ0) is 12.3. The minimum absolute atomic E-state index is 0.277. The van der Waals surface area contributed by atoms with E-state index in [2.05, 4.69) is 36.2 Å². The van der Waals surface area contributed by atoms with Crippen LogP contribution in [0.5, 0.6) is 0 Å². The maximum absolute atomic E-state index is 6.29. The number of nitrogens with zero attached hydrogens (tertiary/aromatic N) is 1. The van der Waals surface area contributed by atoms with Crippen molar-refractivity contribution in [2.75, 3.05) is 31.1 Å². The van der Waals surface area contributed by atoms with Gasteiger partial charge in [0.15, 0.2) is 0 Å². The average molecular weight is 253 g/mol. The predicted molar refractivity (Wildman–Crippen MR) is 74.9 cm³/mol. The second-order valence-electron chi connectivity index (χ2n) is 5.57. The highest BCUT2D eigenvalue weighted by molar-refractivity contribution is 6.33. The predicted octanol–water partition coefficient (Wildman–Crippen LogP) is 3.17. The molecule has 0 bridgehead atoms. The van der Waals surface area contributed by atoms with E-state index in [-0.39, 0.29) is 5.41 Å². The third-order valence-corrected chi connectivity index (χ3v) is 3.52. The van der Waals surface area contributed by atoms with Crippen LogP contribution in [0, 0.1) is 5.41 Å². The number of para-hydroxylation sites is 1. The van der Waals surface area contributed by atoms with Gasteiger partial charge >= 0.3 is 0 Å². The van der Waals surface area contributed by atoms with E-state index in [1.807, 2.05) is 12.1 Å². The van der Waals surface area contributed by atoms with E-state index < -0.39 is 0 Å². The van der Waals surface area contributed by atoms with E-state index >= 15 is 0 Å². The summed E-state index contributed by atoms with van der Waals surface area (Å²) in [6.45, 7) is 8.87. The van der Waals surface area contributed by atoms with Crippen molar-refractivity contribution in [1.82, 2.24) is 5.32 Å². The van der Waals surface area contributed by atoms with Crippen molar-refractivity contribution in [3.8, 4) is 0 Å². The van der Waals surface area contributed by atoms with Gasteiger partial charge in [0.2, 0.25) is 0 Å². The molecule has 0 saturated carbocycles. The lowest BCUT2D eigenvalue weighted by atomic mass is 9.91. The van der Waals surface area contributed by atoms with Gasteiger partial charge in [-0.1, -0.05) is 37.6 Å². The van der Waals surface area contributed by atoms with Gasteiger partial charge in [0.05, 0.1) is 10.7 Å². The molecule has 0 spiro atoms. The monoisotopic (exact) mass is 252 g/mol. The molecular weight excluding hydrogens is 232 g/mol. The highest BCUT2D eigenvalue weighted by Gasteiger charge is 2.24. The summed E-state index contributed by atoms with van der Waals surface area (Å²) in [6, 6.07) is 8.14. The summed E-state index contributed by atoms with van der Waals surface area (Å²) in [7, 11) is 0. The number of hydrogen-bond donors (Lipinski definition) is 1. The molecule has 0 radical (unpaired) electrons. The third kappa shape index (κ3) is 3.36. The van der Waals surface area contributed by atoms with E-state index in [9.17, 15) is 0 Å². The maximum atomic E-state index is 6.29. The smallest absolute Gasteiger partial charge is 0.0639 e. The minimum atomic E-state index is 0.277. The van der Waals surface area contributed by atoms with Crippen molar-refractivity contribution in [1.29, 1.82) is 0 Å².